The normalized spacial score (nSPS) is 12.0. The SMILES string of the molecule is CCc1c(C(C)(C)C)c(O)n(O)c1O. The van der Waals surface area contributed by atoms with Crippen LogP contribution in [0.15, 0.2) is 0 Å². The number of nitrogens with zero attached hydrogens (tertiary/aromatic N) is 1. The fourth-order valence-electron chi connectivity index (χ4n) is 1.70. The molecule has 0 atom stereocenters. The summed E-state index contributed by atoms with van der Waals surface area (Å²) in [5.41, 5.74) is 0.887. The molecule has 0 amide bonds. The Kier molecular flexibility index (Phi) is 2.39. The van der Waals surface area contributed by atoms with Gasteiger partial charge in [-0.25, -0.2) is 0 Å². The highest BCUT2D eigenvalue weighted by Crippen LogP contribution is 2.40. The average molecular weight is 199 g/mol. The molecule has 1 aromatic heterocycles. The first-order chi connectivity index (χ1) is 6.30. The van der Waals surface area contributed by atoms with Crippen molar-refractivity contribution in [3.05, 3.63) is 11.1 Å². The van der Waals surface area contributed by atoms with Crippen molar-refractivity contribution in [3.8, 4) is 11.8 Å². The number of aromatic hydroxyl groups is 2. The lowest BCUT2D eigenvalue weighted by molar-refractivity contribution is 0.129. The highest BCUT2D eigenvalue weighted by atomic mass is 16.5. The fraction of sp³-hybridized carbons (Fsp3) is 0.600. The van der Waals surface area contributed by atoms with Gasteiger partial charge in [0.15, 0.2) is 0 Å². The summed E-state index contributed by atoms with van der Waals surface area (Å²) in [6, 6.07) is 0. The van der Waals surface area contributed by atoms with Gasteiger partial charge in [0.25, 0.3) is 0 Å². The minimum absolute atomic E-state index is 0.269. The molecule has 0 aliphatic heterocycles. The zero-order valence-corrected chi connectivity index (χ0v) is 9.00. The van der Waals surface area contributed by atoms with Crippen LogP contribution in [0.2, 0.25) is 0 Å². The molecule has 1 aromatic rings. The van der Waals surface area contributed by atoms with Crippen molar-refractivity contribution in [3.63, 3.8) is 0 Å². The van der Waals surface area contributed by atoms with Crippen LogP contribution in [0, 0.1) is 0 Å². The van der Waals surface area contributed by atoms with Crippen LogP contribution in [0.25, 0.3) is 0 Å². The molecule has 80 valence electrons. The molecular formula is C10H17NO3. The molecule has 0 saturated carbocycles. The van der Waals surface area contributed by atoms with Crippen LogP contribution < -0.4 is 0 Å². The number of rotatable bonds is 1. The van der Waals surface area contributed by atoms with Crippen molar-refractivity contribution in [1.29, 1.82) is 0 Å². The van der Waals surface area contributed by atoms with Crippen molar-refractivity contribution < 1.29 is 15.4 Å². The second-order valence-corrected chi connectivity index (χ2v) is 4.42. The maximum Gasteiger partial charge on any atom is 0.233 e. The third-order valence-corrected chi connectivity index (χ3v) is 2.30. The van der Waals surface area contributed by atoms with Crippen LogP contribution in [-0.2, 0) is 11.8 Å². The van der Waals surface area contributed by atoms with Crippen LogP contribution in [0.1, 0.15) is 38.8 Å². The van der Waals surface area contributed by atoms with E-state index in [1.165, 1.54) is 0 Å². The summed E-state index contributed by atoms with van der Waals surface area (Å²) in [5.74, 6) is -0.540. The Hall–Kier alpha value is -1.32. The third-order valence-electron chi connectivity index (χ3n) is 2.30. The number of hydrogen-bond donors (Lipinski definition) is 3. The molecule has 3 N–H and O–H groups in total. The molecule has 0 radical (unpaired) electrons. The van der Waals surface area contributed by atoms with Gasteiger partial charge in [-0.15, -0.1) is 4.73 Å². The van der Waals surface area contributed by atoms with E-state index in [-0.39, 0.29) is 17.2 Å². The molecule has 4 heteroatoms. The maximum absolute atomic E-state index is 9.62. The smallest absolute Gasteiger partial charge is 0.233 e. The van der Waals surface area contributed by atoms with E-state index in [0.717, 1.165) is 0 Å². The van der Waals surface area contributed by atoms with E-state index in [1.807, 2.05) is 27.7 Å². The van der Waals surface area contributed by atoms with Gasteiger partial charge >= 0.3 is 0 Å². The molecule has 0 saturated heterocycles. The molecular weight excluding hydrogens is 182 g/mol. The molecule has 0 aliphatic carbocycles. The van der Waals surface area contributed by atoms with Crippen molar-refractivity contribution in [1.82, 2.24) is 4.73 Å². The minimum atomic E-state index is -0.305. The first-order valence-corrected chi connectivity index (χ1v) is 4.66. The molecule has 1 rings (SSSR count). The summed E-state index contributed by atoms with van der Waals surface area (Å²) in [7, 11) is 0. The second kappa shape index (κ2) is 3.12. The third kappa shape index (κ3) is 1.41. The van der Waals surface area contributed by atoms with Gasteiger partial charge < -0.3 is 15.4 Å². The highest BCUT2D eigenvalue weighted by Gasteiger charge is 2.29. The van der Waals surface area contributed by atoms with Gasteiger partial charge in [-0.3, -0.25) is 0 Å². The first kappa shape index (κ1) is 10.8. The molecule has 4 nitrogen and oxygen atoms in total. The topological polar surface area (TPSA) is 65.6 Å². The zero-order chi connectivity index (χ0) is 11.1. The Morgan fingerprint density at radius 1 is 1.14 bits per heavy atom. The second-order valence-electron chi connectivity index (χ2n) is 4.42. The molecule has 0 aliphatic rings. The predicted octanol–water partition coefficient (Wildman–Crippen LogP) is 2.00. The Labute approximate surface area is 83.4 Å². The molecule has 0 unspecified atom stereocenters. The summed E-state index contributed by atoms with van der Waals surface area (Å²) in [4.78, 5) is 0. The van der Waals surface area contributed by atoms with E-state index >= 15 is 0 Å². The molecule has 0 bridgehead atoms. The summed E-state index contributed by atoms with van der Waals surface area (Å²) >= 11 is 0. The molecule has 1 heterocycles. The van der Waals surface area contributed by atoms with E-state index in [9.17, 15) is 15.4 Å². The quantitative estimate of drug-likeness (QED) is 0.606. The summed E-state index contributed by atoms with van der Waals surface area (Å²) in [6.45, 7) is 7.62. The largest absolute Gasteiger partial charge is 0.492 e. The van der Waals surface area contributed by atoms with Crippen molar-refractivity contribution in [2.45, 2.75) is 39.5 Å². The van der Waals surface area contributed by atoms with Gasteiger partial charge in [0.1, 0.15) is 0 Å². The first-order valence-electron chi connectivity index (χ1n) is 4.66. The van der Waals surface area contributed by atoms with Gasteiger partial charge in [0.05, 0.1) is 0 Å². The highest BCUT2D eigenvalue weighted by molar-refractivity contribution is 5.48. The van der Waals surface area contributed by atoms with Crippen LogP contribution in [0.5, 0.6) is 11.8 Å². The van der Waals surface area contributed by atoms with Crippen LogP contribution >= 0.6 is 0 Å². The summed E-state index contributed by atoms with van der Waals surface area (Å²) in [6.07, 6.45) is 0.569. The maximum atomic E-state index is 9.62. The van der Waals surface area contributed by atoms with E-state index in [4.69, 9.17) is 0 Å². The molecule has 0 aromatic carbocycles. The summed E-state index contributed by atoms with van der Waals surface area (Å²) < 4.78 is 0.430. The van der Waals surface area contributed by atoms with Gasteiger partial charge in [0, 0.05) is 11.1 Å². The van der Waals surface area contributed by atoms with Crippen molar-refractivity contribution in [2.75, 3.05) is 0 Å². The van der Waals surface area contributed by atoms with E-state index in [1.54, 1.807) is 0 Å². The van der Waals surface area contributed by atoms with Gasteiger partial charge in [-0.05, 0) is 11.8 Å². The molecule has 14 heavy (non-hydrogen) atoms. The van der Waals surface area contributed by atoms with Crippen molar-refractivity contribution in [2.24, 2.45) is 0 Å². The van der Waals surface area contributed by atoms with E-state index < -0.39 is 0 Å². The predicted molar refractivity (Wildman–Crippen MR) is 53.0 cm³/mol. The lowest BCUT2D eigenvalue weighted by Gasteiger charge is -2.19. The molecule has 0 fully saturated rings. The van der Waals surface area contributed by atoms with Gasteiger partial charge in [0.2, 0.25) is 11.8 Å². The monoisotopic (exact) mass is 199 g/mol. The van der Waals surface area contributed by atoms with Gasteiger partial charge in [-0.2, -0.15) is 0 Å². The Morgan fingerprint density at radius 2 is 1.64 bits per heavy atom. The number of hydrogen-bond acceptors (Lipinski definition) is 3. The van der Waals surface area contributed by atoms with Gasteiger partial charge in [-0.1, -0.05) is 27.7 Å². The lowest BCUT2D eigenvalue weighted by Crippen LogP contribution is -2.12. The van der Waals surface area contributed by atoms with E-state index in [0.29, 0.717) is 22.3 Å². The van der Waals surface area contributed by atoms with Crippen LogP contribution in [0.4, 0.5) is 0 Å². The van der Waals surface area contributed by atoms with Crippen LogP contribution in [-0.4, -0.2) is 20.2 Å². The Balaban J connectivity index is 3.49. The summed E-state index contributed by atoms with van der Waals surface area (Å²) in [5, 5.41) is 28.5. The van der Waals surface area contributed by atoms with E-state index in [2.05, 4.69) is 0 Å². The Bertz CT molecular complexity index is 347. The Morgan fingerprint density at radius 3 is 1.93 bits per heavy atom. The zero-order valence-electron chi connectivity index (χ0n) is 9.00. The lowest BCUT2D eigenvalue weighted by atomic mass is 9.85. The number of aromatic nitrogens is 1. The van der Waals surface area contributed by atoms with Crippen molar-refractivity contribution >= 4 is 0 Å². The molecule has 0 spiro atoms. The standard InChI is InChI=1S/C10H17NO3/c1-5-6-7(10(2,3)4)9(13)11(14)8(6)12/h12-14H,5H2,1-4H3. The minimum Gasteiger partial charge on any atom is -0.492 e. The van der Waals surface area contributed by atoms with Crippen LogP contribution in [0.3, 0.4) is 0 Å². The fourth-order valence-corrected chi connectivity index (χ4v) is 1.70. The average Bonchev–Trinajstić information content (AvgIpc) is 2.28.